The Kier molecular flexibility index (Phi) is 5.99. The van der Waals surface area contributed by atoms with Gasteiger partial charge in [0.1, 0.15) is 0 Å². The molecule has 0 aliphatic rings. The van der Waals surface area contributed by atoms with Crippen LogP contribution in [-0.2, 0) is 0 Å². The molecule has 1 aromatic rings. The van der Waals surface area contributed by atoms with E-state index in [9.17, 15) is 4.79 Å². The molecule has 0 radical (unpaired) electrons. The van der Waals surface area contributed by atoms with E-state index in [-0.39, 0.29) is 24.0 Å². The van der Waals surface area contributed by atoms with Crippen molar-refractivity contribution >= 4 is 5.91 Å². The number of carbonyl (C=O) groups is 1. The van der Waals surface area contributed by atoms with Crippen molar-refractivity contribution in [2.24, 2.45) is 5.41 Å². The molecule has 0 aromatic heterocycles. The molecule has 2 N–H and O–H groups in total. The van der Waals surface area contributed by atoms with Gasteiger partial charge >= 0.3 is 0 Å². The lowest BCUT2D eigenvalue weighted by molar-refractivity contribution is 0.0909. The number of aliphatic hydroxyl groups is 1. The molecular formula is C18H25NO2. The van der Waals surface area contributed by atoms with Crippen LogP contribution in [-0.4, -0.2) is 23.7 Å². The van der Waals surface area contributed by atoms with E-state index in [0.717, 1.165) is 11.1 Å². The van der Waals surface area contributed by atoms with Gasteiger partial charge in [-0.1, -0.05) is 38.7 Å². The van der Waals surface area contributed by atoms with Gasteiger partial charge in [-0.25, -0.2) is 0 Å². The second kappa shape index (κ2) is 7.28. The van der Waals surface area contributed by atoms with E-state index >= 15 is 0 Å². The zero-order valence-corrected chi connectivity index (χ0v) is 13.6. The highest BCUT2D eigenvalue weighted by molar-refractivity contribution is 5.96. The predicted octanol–water partition coefficient (Wildman–Crippen LogP) is 2.89. The van der Waals surface area contributed by atoms with Gasteiger partial charge in [-0.15, -0.1) is 0 Å². The lowest BCUT2D eigenvalue weighted by Crippen LogP contribution is -2.41. The molecule has 0 fully saturated rings. The van der Waals surface area contributed by atoms with E-state index in [1.165, 1.54) is 0 Å². The second-order valence-corrected chi connectivity index (χ2v) is 6.37. The number of rotatable bonds is 3. The van der Waals surface area contributed by atoms with Gasteiger partial charge in [-0.05, 0) is 37.0 Å². The van der Waals surface area contributed by atoms with Crippen LogP contribution in [0.1, 0.15) is 55.6 Å². The molecular weight excluding hydrogens is 262 g/mol. The zero-order valence-electron chi connectivity index (χ0n) is 13.6. The summed E-state index contributed by atoms with van der Waals surface area (Å²) in [6, 6.07) is 5.68. The maximum absolute atomic E-state index is 12.4. The van der Waals surface area contributed by atoms with Crippen molar-refractivity contribution in [2.45, 2.75) is 47.1 Å². The van der Waals surface area contributed by atoms with Crippen molar-refractivity contribution in [3.8, 4) is 11.8 Å². The number of hydrogen-bond acceptors (Lipinski definition) is 2. The summed E-state index contributed by atoms with van der Waals surface area (Å²) >= 11 is 0. The molecule has 21 heavy (non-hydrogen) atoms. The third-order valence-electron chi connectivity index (χ3n) is 3.60. The Morgan fingerprint density at radius 3 is 2.62 bits per heavy atom. The van der Waals surface area contributed by atoms with Gasteiger partial charge in [-0.3, -0.25) is 4.79 Å². The lowest BCUT2D eigenvalue weighted by atomic mass is 9.88. The highest BCUT2D eigenvalue weighted by Gasteiger charge is 2.22. The Morgan fingerprint density at radius 1 is 1.38 bits per heavy atom. The molecule has 0 saturated carbocycles. The van der Waals surface area contributed by atoms with E-state index in [0.29, 0.717) is 12.0 Å². The molecule has 1 aromatic carbocycles. The summed E-state index contributed by atoms with van der Waals surface area (Å²) in [6.45, 7) is 10.3. The van der Waals surface area contributed by atoms with Gasteiger partial charge in [0.15, 0.2) is 0 Å². The summed E-state index contributed by atoms with van der Waals surface area (Å²) in [7, 11) is 0. The largest absolute Gasteiger partial charge is 0.395 e. The first-order chi connectivity index (χ1) is 9.75. The summed E-state index contributed by atoms with van der Waals surface area (Å²) in [5.74, 6) is 5.76. The van der Waals surface area contributed by atoms with Crippen LogP contribution in [0.2, 0.25) is 0 Å². The number of carbonyl (C=O) groups excluding carboxylic acids is 1. The van der Waals surface area contributed by atoms with Crippen LogP contribution >= 0.6 is 0 Å². The number of benzene rings is 1. The summed E-state index contributed by atoms with van der Waals surface area (Å²) in [6.07, 6.45) is 0.441. The van der Waals surface area contributed by atoms with Crippen molar-refractivity contribution in [3.05, 3.63) is 34.9 Å². The van der Waals surface area contributed by atoms with Crippen molar-refractivity contribution in [1.29, 1.82) is 0 Å². The summed E-state index contributed by atoms with van der Waals surface area (Å²) in [4.78, 5) is 12.4. The van der Waals surface area contributed by atoms with Crippen molar-refractivity contribution in [2.75, 3.05) is 6.61 Å². The SMILES string of the molecule is Cc1ccc(C#CCCO)cc1C(=O)NC(C)C(C)(C)C. The number of hydrogen-bond donors (Lipinski definition) is 2. The number of amides is 1. The third kappa shape index (κ3) is 5.24. The topological polar surface area (TPSA) is 49.3 Å². The minimum Gasteiger partial charge on any atom is -0.395 e. The quantitative estimate of drug-likeness (QED) is 0.840. The molecule has 0 bridgehead atoms. The molecule has 0 aliphatic heterocycles. The standard InChI is InChI=1S/C18H25NO2/c1-13-9-10-15(8-6-7-11-20)12-16(13)17(21)19-14(2)18(3,4)5/h9-10,12,14,20H,7,11H2,1-5H3,(H,19,21). The van der Waals surface area contributed by atoms with Crippen molar-refractivity contribution in [3.63, 3.8) is 0 Å². The number of aryl methyl sites for hydroxylation is 1. The zero-order chi connectivity index (χ0) is 16.0. The molecule has 0 heterocycles. The van der Waals surface area contributed by atoms with E-state index in [4.69, 9.17) is 5.11 Å². The Hall–Kier alpha value is -1.79. The fraction of sp³-hybridized carbons (Fsp3) is 0.500. The minimum atomic E-state index is -0.0688. The van der Waals surface area contributed by atoms with Crippen molar-refractivity contribution < 1.29 is 9.90 Å². The molecule has 3 heteroatoms. The average molecular weight is 287 g/mol. The first kappa shape index (κ1) is 17.3. The maximum Gasteiger partial charge on any atom is 0.251 e. The fourth-order valence-corrected chi connectivity index (χ4v) is 1.66. The van der Waals surface area contributed by atoms with Crippen LogP contribution in [0.5, 0.6) is 0 Å². The molecule has 1 rings (SSSR count). The Bertz CT molecular complexity index is 559. The first-order valence-electron chi connectivity index (χ1n) is 7.27. The van der Waals surface area contributed by atoms with Gasteiger partial charge < -0.3 is 10.4 Å². The van der Waals surface area contributed by atoms with E-state index in [1.54, 1.807) is 0 Å². The lowest BCUT2D eigenvalue weighted by Gasteiger charge is -2.28. The molecule has 1 amide bonds. The summed E-state index contributed by atoms with van der Waals surface area (Å²) in [5.41, 5.74) is 2.40. The van der Waals surface area contributed by atoms with Crippen LogP contribution < -0.4 is 5.32 Å². The number of aliphatic hydroxyl groups excluding tert-OH is 1. The molecule has 0 saturated heterocycles. The van der Waals surface area contributed by atoms with Crippen LogP contribution in [0.15, 0.2) is 18.2 Å². The Balaban J connectivity index is 2.94. The van der Waals surface area contributed by atoms with E-state index < -0.39 is 0 Å². The Morgan fingerprint density at radius 2 is 2.05 bits per heavy atom. The molecule has 0 aliphatic carbocycles. The highest BCUT2D eigenvalue weighted by atomic mass is 16.2. The van der Waals surface area contributed by atoms with Gasteiger partial charge in [0.05, 0.1) is 6.61 Å². The predicted molar refractivity (Wildman–Crippen MR) is 86.1 cm³/mol. The van der Waals surface area contributed by atoms with Crippen LogP contribution in [0.4, 0.5) is 0 Å². The molecule has 1 atom stereocenters. The van der Waals surface area contributed by atoms with E-state index in [1.807, 2.05) is 32.0 Å². The van der Waals surface area contributed by atoms with E-state index in [2.05, 4.69) is 37.9 Å². The molecule has 114 valence electrons. The van der Waals surface area contributed by atoms with Gasteiger partial charge in [0.2, 0.25) is 0 Å². The summed E-state index contributed by atoms with van der Waals surface area (Å²) in [5, 5.41) is 11.8. The summed E-state index contributed by atoms with van der Waals surface area (Å²) < 4.78 is 0. The molecule has 0 spiro atoms. The van der Waals surface area contributed by atoms with Gasteiger partial charge in [0.25, 0.3) is 5.91 Å². The third-order valence-corrected chi connectivity index (χ3v) is 3.60. The maximum atomic E-state index is 12.4. The monoisotopic (exact) mass is 287 g/mol. The van der Waals surface area contributed by atoms with Crippen LogP contribution in [0.3, 0.4) is 0 Å². The van der Waals surface area contributed by atoms with Gasteiger partial charge in [0, 0.05) is 23.6 Å². The smallest absolute Gasteiger partial charge is 0.251 e. The fourth-order valence-electron chi connectivity index (χ4n) is 1.66. The van der Waals surface area contributed by atoms with Crippen LogP contribution in [0, 0.1) is 24.2 Å². The van der Waals surface area contributed by atoms with Crippen molar-refractivity contribution in [1.82, 2.24) is 5.32 Å². The average Bonchev–Trinajstić information content (AvgIpc) is 2.39. The normalized spacial score (nSPS) is 12.3. The highest BCUT2D eigenvalue weighted by Crippen LogP contribution is 2.19. The number of nitrogens with one attached hydrogen (secondary N) is 1. The Labute approximate surface area is 127 Å². The van der Waals surface area contributed by atoms with Gasteiger partial charge in [-0.2, -0.15) is 0 Å². The van der Waals surface area contributed by atoms with Crippen LogP contribution in [0.25, 0.3) is 0 Å². The molecule has 3 nitrogen and oxygen atoms in total. The molecule has 1 unspecified atom stereocenters. The minimum absolute atomic E-state index is 0.0160. The second-order valence-electron chi connectivity index (χ2n) is 6.37. The first-order valence-corrected chi connectivity index (χ1v) is 7.27.